The molecule has 0 aromatic heterocycles. The van der Waals surface area contributed by atoms with Crippen LogP contribution in [0, 0.1) is 16.0 Å². The molecular weight excluding hydrogens is 254 g/mol. The van der Waals surface area contributed by atoms with E-state index >= 15 is 0 Å². The highest BCUT2D eigenvalue weighted by Crippen LogP contribution is 2.20. The monoisotopic (exact) mass is 277 g/mol. The number of nitro benzene ring substituents is 1. The highest BCUT2D eigenvalue weighted by atomic mass is 16.6. The second-order valence-electron chi connectivity index (χ2n) is 5.93. The number of nitro groups is 1. The van der Waals surface area contributed by atoms with Gasteiger partial charge in [-0.1, -0.05) is 12.1 Å². The summed E-state index contributed by atoms with van der Waals surface area (Å²) < 4.78 is 0. The Morgan fingerprint density at radius 2 is 2.25 bits per heavy atom. The number of hydrogen-bond acceptors (Lipinski definition) is 4. The second kappa shape index (κ2) is 6.81. The molecule has 1 aliphatic heterocycles. The molecule has 5 nitrogen and oxygen atoms in total. The summed E-state index contributed by atoms with van der Waals surface area (Å²) in [6.45, 7) is 4.10. The smallest absolute Gasteiger partial charge is 0.269 e. The quantitative estimate of drug-likeness (QED) is 0.612. The van der Waals surface area contributed by atoms with Crippen LogP contribution < -0.4 is 0 Å². The van der Waals surface area contributed by atoms with Crippen LogP contribution in [0.25, 0.3) is 0 Å². The zero-order valence-electron chi connectivity index (χ0n) is 12.3. The number of hydrogen-bond donors (Lipinski definition) is 0. The van der Waals surface area contributed by atoms with Crippen LogP contribution in [0.1, 0.15) is 18.4 Å². The fourth-order valence-electron chi connectivity index (χ4n) is 2.99. The number of non-ortho nitro benzene ring substituents is 1. The molecule has 1 heterocycles. The molecule has 0 spiro atoms. The Kier molecular flexibility index (Phi) is 5.09. The maximum absolute atomic E-state index is 10.8. The van der Waals surface area contributed by atoms with E-state index in [4.69, 9.17) is 0 Å². The molecule has 0 radical (unpaired) electrons. The van der Waals surface area contributed by atoms with E-state index in [-0.39, 0.29) is 10.6 Å². The first-order valence-electron chi connectivity index (χ1n) is 7.15. The molecule has 1 aromatic rings. The number of nitrogens with zero attached hydrogens (tertiary/aromatic N) is 3. The number of piperidine rings is 1. The third-order valence-electron chi connectivity index (χ3n) is 3.75. The number of benzene rings is 1. The molecule has 2 rings (SSSR count). The van der Waals surface area contributed by atoms with Gasteiger partial charge in [0.25, 0.3) is 5.69 Å². The molecule has 20 heavy (non-hydrogen) atoms. The summed E-state index contributed by atoms with van der Waals surface area (Å²) in [6.07, 6.45) is 2.50. The summed E-state index contributed by atoms with van der Waals surface area (Å²) >= 11 is 0. The van der Waals surface area contributed by atoms with E-state index in [1.54, 1.807) is 18.2 Å². The molecule has 1 aliphatic rings. The molecule has 1 saturated heterocycles. The van der Waals surface area contributed by atoms with Gasteiger partial charge >= 0.3 is 0 Å². The molecule has 0 aliphatic carbocycles. The lowest BCUT2D eigenvalue weighted by molar-refractivity contribution is -0.384. The summed E-state index contributed by atoms with van der Waals surface area (Å²) in [6, 6.07) is 6.99. The predicted molar refractivity (Wildman–Crippen MR) is 79.7 cm³/mol. The summed E-state index contributed by atoms with van der Waals surface area (Å²) in [7, 11) is 4.22. The Morgan fingerprint density at radius 3 is 2.95 bits per heavy atom. The van der Waals surface area contributed by atoms with Crippen molar-refractivity contribution >= 4 is 5.69 Å². The van der Waals surface area contributed by atoms with Gasteiger partial charge in [-0.15, -0.1) is 0 Å². The van der Waals surface area contributed by atoms with Crippen LogP contribution in [-0.2, 0) is 6.54 Å². The van der Waals surface area contributed by atoms with E-state index in [2.05, 4.69) is 23.9 Å². The second-order valence-corrected chi connectivity index (χ2v) is 5.93. The summed E-state index contributed by atoms with van der Waals surface area (Å²) in [4.78, 5) is 15.1. The molecule has 0 saturated carbocycles. The summed E-state index contributed by atoms with van der Waals surface area (Å²) in [5.41, 5.74) is 1.22. The molecule has 110 valence electrons. The molecule has 1 aromatic carbocycles. The average Bonchev–Trinajstić information content (AvgIpc) is 2.38. The fraction of sp³-hybridized carbons (Fsp3) is 0.600. The van der Waals surface area contributed by atoms with Gasteiger partial charge in [0.2, 0.25) is 0 Å². The molecular formula is C15H23N3O2. The Morgan fingerprint density at radius 1 is 1.45 bits per heavy atom. The van der Waals surface area contributed by atoms with Crippen molar-refractivity contribution in [2.24, 2.45) is 5.92 Å². The predicted octanol–water partition coefficient (Wildman–Crippen LogP) is 2.37. The molecule has 0 amide bonds. The SMILES string of the molecule is CN(C)CC1CCCN(Cc2cccc([N+](=O)[O-])c2)C1. The maximum Gasteiger partial charge on any atom is 0.269 e. The third kappa shape index (κ3) is 4.28. The van der Waals surface area contributed by atoms with E-state index in [9.17, 15) is 10.1 Å². The van der Waals surface area contributed by atoms with Gasteiger partial charge < -0.3 is 4.90 Å². The van der Waals surface area contributed by atoms with Crippen molar-refractivity contribution in [3.63, 3.8) is 0 Å². The molecule has 0 bridgehead atoms. The van der Waals surface area contributed by atoms with E-state index in [1.807, 2.05) is 6.07 Å². The third-order valence-corrected chi connectivity index (χ3v) is 3.75. The Hall–Kier alpha value is -1.46. The van der Waals surface area contributed by atoms with E-state index in [1.165, 1.54) is 12.8 Å². The largest absolute Gasteiger partial charge is 0.309 e. The van der Waals surface area contributed by atoms with Crippen LogP contribution in [0.5, 0.6) is 0 Å². The Labute approximate surface area is 120 Å². The van der Waals surface area contributed by atoms with Crippen molar-refractivity contribution in [2.45, 2.75) is 19.4 Å². The van der Waals surface area contributed by atoms with Gasteiger partial charge in [0, 0.05) is 31.8 Å². The van der Waals surface area contributed by atoms with E-state index < -0.39 is 0 Å². The number of likely N-dealkylation sites (tertiary alicyclic amines) is 1. The Balaban J connectivity index is 1.95. The molecule has 1 unspecified atom stereocenters. The van der Waals surface area contributed by atoms with Gasteiger partial charge in [0.1, 0.15) is 0 Å². The van der Waals surface area contributed by atoms with Crippen molar-refractivity contribution in [1.82, 2.24) is 9.80 Å². The van der Waals surface area contributed by atoms with Crippen LogP contribution in [-0.4, -0.2) is 48.5 Å². The zero-order valence-corrected chi connectivity index (χ0v) is 12.3. The summed E-state index contributed by atoms with van der Waals surface area (Å²) in [5.74, 6) is 0.706. The standard InChI is InChI=1S/C15H23N3O2/c1-16(2)10-14-6-4-8-17(12-14)11-13-5-3-7-15(9-13)18(19)20/h3,5,7,9,14H,4,6,8,10-12H2,1-2H3. The van der Waals surface area contributed by atoms with Gasteiger partial charge in [-0.05, 0) is 45.0 Å². The maximum atomic E-state index is 10.8. The van der Waals surface area contributed by atoms with Crippen LogP contribution in [0.2, 0.25) is 0 Å². The topological polar surface area (TPSA) is 49.6 Å². The van der Waals surface area contributed by atoms with Crippen LogP contribution in [0.4, 0.5) is 5.69 Å². The minimum absolute atomic E-state index is 0.185. The normalized spacial score (nSPS) is 20.2. The fourth-order valence-corrected chi connectivity index (χ4v) is 2.99. The minimum atomic E-state index is -0.325. The lowest BCUT2D eigenvalue weighted by Crippen LogP contribution is -2.38. The van der Waals surface area contributed by atoms with Crippen molar-refractivity contribution in [3.8, 4) is 0 Å². The van der Waals surface area contributed by atoms with E-state index in [0.29, 0.717) is 5.92 Å². The average molecular weight is 277 g/mol. The first kappa shape index (κ1) is 14.9. The number of rotatable bonds is 5. The van der Waals surface area contributed by atoms with Crippen LogP contribution in [0.3, 0.4) is 0 Å². The van der Waals surface area contributed by atoms with Crippen molar-refractivity contribution in [2.75, 3.05) is 33.7 Å². The summed E-state index contributed by atoms with van der Waals surface area (Å²) in [5, 5.41) is 10.8. The molecule has 5 heteroatoms. The van der Waals surface area contributed by atoms with Gasteiger partial charge in [0.05, 0.1) is 4.92 Å². The van der Waals surface area contributed by atoms with Gasteiger partial charge in [-0.25, -0.2) is 0 Å². The van der Waals surface area contributed by atoms with Crippen molar-refractivity contribution in [1.29, 1.82) is 0 Å². The van der Waals surface area contributed by atoms with Crippen molar-refractivity contribution in [3.05, 3.63) is 39.9 Å². The molecule has 1 atom stereocenters. The van der Waals surface area contributed by atoms with E-state index in [0.717, 1.165) is 31.7 Å². The van der Waals surface area contributed by atoms with Gasteiger partial charge in [-0.3, -0.25) is 15.0 Å². The highest BCUT2D eigenvalue weighted by Gasteiger charge is 2.20. The van der Waals surface area contributed by atoms with Crippen LogP contribution in [0.15, 0.2) is 24.3 Å². The van der Waals surface area contributed by atoms with Crippen molar-refractivity contribution < 1.29 is 4.92 Å². The van der Waals surface area contributed by atoms with Gasteiger partial charge in [0.15, 0.2) is 0 Å². The lowest BCUT2D eigenvalue weighted by atomic mass is 9.97. The van der Waals surface area contributed by atoms with Gasteiger partial charge in [-0.2, -0.15) is 0 Å². The first-order valence-corrected chi connectivity index (χ1v) is 7.15. The molecule has 0 N–H and O–H groups in total. The minimum Gasteiger partial charge on any atom is -0.309 e. The molecule has 1 fully saturated rings. The lowest BCUT2D eigenvalue weighted by Gasteiger charge is -2.34. The Bertz CT molecular complexity index is 462. The first-order chi connectivity index (χ1) is 9.54. The zero-order chi connectivity index (χ0) is 14.5. The van der Waals surface area contributed by atoms with Crippen LogP contribution >= 0.6 is 0 Å². The highest BCUT2D eigenvalue weighted by molar-refractivity contribution is 5.34.